The zero-order valence-corrected chi connectivity index (χ0v) is 12.0. The Morgan fingerprint density at radius 3 is 2.32 bits per heavy atom. The van der Waals surface area contributed by atoms with Crippen molar-refractivity contribution in [2.24, 2.45) is 0 Å². The van der Waals surface area contributed by atoms with Crippen molar-refractivity contribution in [2.45, 2.75) is 26.1 Å². The Hall–Kier alpha value is -2.37. The number of benzene rings is 1. The van der Waals surface area contributed by atoms with E-state index in [0.29, 0.717) is 28.7 Å². The van der Waals surface area contributed by atoms with Gasteiger partial charge in [-0.25, -0.2) is 0 Å². The molecule has 0 aliphatic heterocycles. The second-order valence-electron chi connectivity index (χ2n) is 4.97. The van der Waals surface area contributed by atoms with E-state index in [4.69, 9.17) is 4.74 Å². The van der Waals surface area contributed by atoms with Gasteiger partial charge in [-0.1, -0.05) is 12.1 Å². The van der Waals surface area contributed by atoms with Gasteiger partial charge in [0, 0.05) is 11.8 Å². The lowest BCUT2D eigenvalue weighted by molar-refractivity contribution is -0.141. The van der Waals surface area contributed by atoms with E-state index in [0.717, 1.165) is 12.3 Å². The Morgan fingerprint density at radius 2 is 1.82 bits per heavy atom. The van der Waals surface area contributed by atoms with Crippen LogP contribution in [-0.2, 0) is 6.18 Å². The first-order chi connectivity index (χ1) is 10.3. The Kier molecular flexibility index (Phi) is 4.49. The average molecular weight is 309 g/mol. The highest BCUT2D eigenvalue weighted by Gasteiger charge is 2.32. The first-order valence-corrected chi connectivity index (χ1v) is 6.61. The van der Waals surface area contributed by atoms with Gasteiger partial charge in [0.15, 0.2) is 6.29 Å². The molecule has 116 valence electrons. The molecule has 0 fully saturated rings. The van der Waals surface area contributed by atoms with Gasteiger partial charge in [0.2, 0.25) is 0 Å². The van der Waals surface area contributed by atoms with Gasteiger partial charge in [-0.2, -0.15) is 13.2 Å². The molecule has 0 atom stereocenters. The summed E-state index contributed by atoms with van der Waals surface area (Å²) in [6.07, 6.45) is -2.77. The molecular formula is C16H14F3NO2. The fourth-order valence-corrected chi connectivity index (χ4v) is 1.90. The van der Waals surface area contributed by atoms with Gasteiger partial charge in [-0.05, 0) is 37.6 Å². The summed E-state index contributed by atoms with van der Waals surface area (Å²) in [7, 11) is 0. The predicted octanol–water partition coefficient (Wildman–Crippen LogP) is 4.37. The SMILES string of the molecule is CC(C)Oc1cc(-c2ccc(C(F)(F)F)nc2)ccc1C=O. The summed E-state index contributed by atoms with van der Waals surface area (Å²) in [4.78, 5) is 14.4. The summed E-state index contributed by atoms with van der Waals surface area (Å²) in [5.41, 5.74) is 0.582. The van der Waals surface area contributed by atoms with Crippen LogP contribution in [0.25, 0.3) is 11.1 Å². The molecule has 0 bridgehead atoms. The van der Waals surface area contributed by atoms with E-state index in [2.05, 4.69) is 4.98 Å². The molecule has 0 radical (unpaired) electrons. The molecule has 0 spiro atoms. The minimum atomic E-state index is -4.47. The third-order valence-corrected chi connectivity index (χ3v) is 2.89. The maximum atomic E-state index is 12.5. The van der Waals surface area contributed by atoms with Crippen molar-refractivity contribution < 1.29 is 22.7 Å². The first-order valence-electron chi connectivity index (χ1n) is 6.61. The summed E-state index contributed by atoms with van der Waals surface area (Å²) in [6.45, 7) is 3.64. The molecule has 1 aromatic carbocycles. The normalized spacial score (nSPS) is 11.5. The van der Waals surface area contributed by atoms with Gasteiger partial charge >= 0.3 is 6.18 Å². The lowest BCUT2D eigenvalue weighted by Gasteiger charge is -2.13. The fourth-order valence-electron chi connectivity index (χ4n) is 1.90. The second-order valence-corrected chi connectivity index (χ2v) is 4.97. The zero-order valence-electron chi connectivity index (χ0n) is 12.0. The number of halogens is 3. The van der Waals surface area contributed by atoms with Gasteiger partial charge < -0.3 is 4.74 Å². The van der Waals surface area contributed by atoms with Crippen molar-refractivity contribution in [1.29, 1.82) is 0 Å². The molecule has 2 aromatic rings. The summed E-state index contributed by atoms with van der Waals surface area (Å²) in [6, 6.07) is 7.09. The number of carbonyl (C=O) groups is 1. The van der Waals surface area contributed by atoms with Gasteiger partial charge in [0.25, 0.3) is 0 Å². The molecule has 0 amide bonds. The van der Waals surface area contributed by atoms with E-state index in [9.17, 15) is 18.0 Å². The summed E-state index contributed by atoms with van der Waals surface area (Å²) in [5, 5.41) is 0. The molecule has 2 rings (SSSR count). The molecule has 0 saturated carbocycles. The molecule has 6 heteroatoms. The van der Waals surface area contributed by atoms with E-state index in [1.165, 1.54) is 6.07 Å². The molecule has 0 aliphatic rings. The number of alkyl halides is 3. The maximum absolute atomic E-state index is 12.5. The number of rotatable bonds is 4. The zero-order chi connectivity index (χ0) is 16.3. The maximum Gasteiger partial charge on any atom is 0.433 e. The topological polar surface area (TPSA) is 39.2 Å². The Morgan fingerprint density at radius 1 is 1.14 bits per heavy atom. The van der Waals surface area contributed by atoms with Crippen LogP contribution in [-0.4, -0.2) is 17.4 Å². The van der Waals surface area contributed by atoms with Crippen molar-refractivity contribution in [3.05, 3.63) is 47.8 Å². The lowest BCUT2D eigenvalue weighted by Crippen LogP contribution is -2.08. The van der Waals surface area contributed by atoms with E-state index in [-0.39, 0.29) is 6.10 Å². The highest BCUT2D eigenvalue weighted by atomic mass is 19.4. The minimum Gasteiger partial charge on any atom is -0.490 e. The van der Waals surface area contributed by atoms with Crippen molar-refractivity contribution in [3.63, 3.8) is 0 Å². The van der Waals surface area contributed by atoms with E-state index in [1.807, 2.05) is 13.8 Å². The number of hydrogen-bond donors (Lipinski definition) is 0. The number of pyridine rings is 1. The number of aromatic nitrogens is 1. The van der Waals surface area contributed by atoms with Crippen molar-refractivity contribution >= 4 is 6.29 Å². The van der Waals surface area contributed by atoms with Gasteiger partial charge in [-0.3, -0.25) is 9.78 Å². The number of aldehydes is 1. The molecule has 0 N–H and O–H groups in total. The second kappa shape index (κ2) is 6.17. The third-order valence-electron chi connectivity index (χ3n) is 2.89. The van der Waals surface area contributed by atoms with Crippen LogP contribution in [0, 0.1) is 0 Å². The molecule has 1 heterocycles. The molecule has 1 aromatic heterocycles. The van der Waals surface area contributed by atoms with Crippen LogP contribution in [0.2, 0.25) is 0 Å². The van der Waals surface area contributed by atoms with Crippen LogP contribution >= 0.6 is 0 Å². The molecule has 0 aliphatic carbocycles. The summed E-state index contributed by atoms with van der Waals surface area (Å²) < 4.78 is 43.1. The predicted molar refractivity (Wildman–Crippen MR) is 75.8 cm³/mol. The van der Waals surface area contributed by atoms with E-state index in [1.54, 1.807) is 18.2 Å². The molecule has 3 nitrogen and oxygen atoms in total. The van der Waals surface area contributed by atoms with Crippen LogP contribution in [0.15, 0.2) is 36.5 Å². The van der Waals surface area contributed by atoms with Crippen LogP contribution < -0.4 is 4.74 Å². The molecule has 0 unspecified atom stereocenters. The number of nitrogens with zero attached hydrogens (tertiary/aromatic N) is 1. The highest BCUT2D eigenvalue weighted by molar-refractivity contribution is 5.81. The van der Waals surface area contributed by atoms with E-state index >= 15 is 0 Å². The van der Waals surface area contributed by atoms with Crippen LogP contribution in [0.1, 0.15) is 29.9 Å². The smallest absolute Gasteiger partial charge is 0.433 e. The highest BCUT2D eigenvalue weighted by Crippen LogP contribution is 2.30. The van der Waals surface area contributed by atoms with Crippen LogP contribution in [0.4, 0.5) is 13.2 Å². The Labute approximate surface area is 125 Å². The Balaban J connectivity index is 2.38. The monoisotopic (exact) mass is 309 g/mol. The van der Waals surface area contributed by atoms with Gasteiger partial charge in [-0.15, -0.1) is 0 Å². The number of ether oxygens (including phenoxy) is 1. The first kappa shape index (κ1) is 16.0. The molecule has 0 saturated heterocycles. The van der Waals surface area contributed by atoms with Gasteiger partial charge in [0.1, 0.15) is 11.4 Å². The van der Waals surface area contributed by atoms with Crippen molar-refractivity contribution in [2.75, 3.05) is 0 Å². The van der Waals surface area contributed by atoms with Crippen LogP contribution in [0.3, 0.4) is 0 Å². The van der Waals surface area contributed by atoms with Crippen molar-refractivity contribution in [1.82, 2.24) is 4.98 Å². The number of carbonyl (C=O) groups excluding carboxylic acids is 1. The molecular weight excluding hydrogens is 295 g/mol. The van der Waals surface area contributed by atoms with Gasteiger partial charge in [0.05, 0.1) is 11.7 Å². The fraction of sp³-hybridized carbons (Fsp3) is 0.250. The average Bonchev–Trinajstić information content (AvgIpc) is 2.46. The van der Waals surface area contributed by atoms with Crippen molar-refractivity contribution in [3.8, 4) is 16.9 Å². The largest absolute Gasteiger partial charge is 0.490 e. The van der Waals surface area contributed by atoms with Crippen LogP contribution in [0.5, 0.6) is 5.75 Å². The minimum absolute atomic E-state index is 0.125. The summed E-state index contributed by atoms with van der Waals surface area (Å²) in [5.74, 6) is 0.391. The molecule has 22 heavy (non-hydrogen) atoms. The third kappa shape index (κ3) is 3.63. The van der Waals surface area contributed by atoms with E-state index < -0.39 is 11.9 Å². The standard InChI is InChI=1S/C16H14F3NO2/c1-10(2)22-14-7-11(3-4-13(14)9-21)12-5-6-15(20-8-12)16(17,18)19/h3-10H,1-2H3. The summed E-state index contributed by atoms with van der Waals surface area (Å²) >= 11 is 0. The lowest BCUT2D eigenvalue weighted by atomic mass is 10.0. The quantitative estimate of drug-likeness (QED) is 0.787. The number of hydrogen-bond acceptors (Lipinski definition) is 3. The Bertz CT molecular complexity index is 664.